The molecule has 0 aromatic carbocycles. The molecule has 1 rings (SSSR count). The fourth-order valence-corrected chi connectivity index (χ4v) is 3.23. The maximum Gasteiger partial charge on any atom is 0.0281 e. The fraction of sp³-hybridized carbons (Fsp3) is 1.00. The molecule has 0 bridgehead atoms. The van der Waals surface area contributed by atoms with Crippen LogP contribution >= 0.6 is 11.8 Å². The monoisotopic (exact) mass is 215 g/mol. The minimum atomic E-state index is 0.589. The van der Waals surface area contributed by atoms with Gasteiger partial charge in [0.2, 0.25) is 0 Å². The second-order valence-electron chi connectivity index (χ2n) is 4.48. The van der Waals surface area contributed by atoms with Crippen molar-refractivity contribution < 1.29 is 0 Å². The van der Waals surface area contributed by atoms with Crippen molar-refractivity contribution in [2.75, 3.05) is 19.3 Å². The number of nitrogens with one attached hydrogen (secondary N) is 1. The van der Waals surface area contributed by atoms with Crippen LogP contribution in [0.25, 0.3) is 0 Å². The molecule has 0 radical (unpaired) electrons. The van der Waals surface area contributed by atoms with Gasteiger partial charge in [-0.3, -0.25) is 0 Å². The van der Waals surface area contributed by atoms with Gasteiger partial charge in [-0.15, -0.1) is 0 Å². The predicted octanol–water partition coefficient (Wildman–Crippen LogP) is 3.44. The molecule has 1 nitrogen and oxygen atoms in total. The Labute approximate surface area is 93.4 Å². The van der Waals surface area contributed by atoms with Gasteiger partial charge >= 0.3 is 0 Å². The third-order valence-electron chi connectivity index (χ3n) is 3.35. The molecule has 0 atom stereocenters. The lowest BCUT2D eigenvalue weighted by Gasteiger charge is -2.27. The van der Waals surface area contributed by atoms with Gasteiger partial charge in [0, 0.05) is 11.3 Å². The average Bonchev–Trinajstić information content (AvgIpc) is 2.67. The van der Waals surface area contributed by atoms with Crippen molar-refractivity contribution >= 4 is 11.8 Å². The van der Waals surface area contributed by atoms with Crippen LogP contribution in [-0.4, -0.2) is 24.1 Å². The first-order valence-electron chi connectivity index (χ1n) is 6.09. The molecule has 84 valence electrons. The quantitative estimate of drug-likeness (QED) is 0.653. The highest BCUT2D eigenvalue weighted by Gasteiger charge is 2.32. The fourth-order valence-electron chi connectivity index (χ4n) is 2.29. The van der Waals surface area contributed by atoms with Crippen molar-refractivity contribution in [3.8, 4) is 0 Å². The van der Waals surface area contributed by atoms with Gasteiger partial charge in [0.15, 0.2) is 0 Å². The SMILES string of the molecule is CCCCCNCC1(SC)CCCC1. The van der Waals surface area contributed by atoms with Gasteiger partial charge in [-0.25, -0.2) is 0 Å². The summed E-state index contributed by atoms with van der Waals surface area (Å²) < 4.78 is 0.589. The Morgan fingerprint density at radius 3 is 2.50 bits per heavy atom. The standard InChI is InChI=1S/C12H25NS/c1-3-4-7-10-13-11-12(14-2)8-5-6-9-12/h13H,3-11H2,1-2H3. The third kappa shape index (κ3) is 3.82. The van der Waals surface area contributed by atoms with Crippen LogP contribution in [0.5, 0.6) is 0 Å². The highest BCUT2D eigenvalue weighted by molar-refractivity contribution is 8.00. The van der Waals surface area contributed by atoms with Crippen LogP contribution in [0.4, 0.5) is 0 Å². The molecule has 14 heavy (non-hydrogen) atoms. The molecule has 2 heteroatoms. The summed E-state index contributed by atoms with van der Waals surface area (Å²) in [6, 6.07) is 0. The van der Waals surface area contributed by atoms with Gasteiger partial charge in [-0.2, -0.15) is 11.8 Å². The molecule has 1 saturated carbocycles. The van der Waals surface area contributed by atoms with E-state index in [-0.39, 0.29) is 0 Å². The van der Waals surface area contributed by atoms with Crippen molar-refractivity contribution in [1.29, 1.82) is 0 Å². The van der Waals surface area contributed by atoms with E-state index in [1.54, 1.807) is 0 Å². The van der Waals surface area contributed by atoms with Crippen LogP contribution in [-0.2, 0) is 0 Å². The second-order valence-corrected chi connectivity index (χ2v) is 5.75. The Morgan fingerprint density at radius 2 is 1.93 bits per heavy atom. The lowest BCUT2D eigenvalue weighted by atomic mass is 10.1. The number of unbranched alkanes of at least 4 members (excludes halogenated alkanes) is 2. The van der Waals surface area contributed by atoms with E-state index in [1.165, 1.54) is 58.0 Å². The van der Waals surface area contributed by atoms with E-state index in [0.29, 0.717) is 4.75 Å². The number of hydrogen-bond acceptors (Lipinski definition) is 2. The van der Waals surface area contributed by atoms with Crippen LogP contribution in [0.3, 0.4) is 0 Å². The van der Waals surface area contributed by atoms with Gasteiger partial charge in [0.05, 0.1) is 0 Å². The molecule has 0 unspecified atom stereocenters. The molecule has 0 amide bonds. The number of hydrogen-bond donors (Lipinski definition) is 1. The van der Waals surface area contributed by atoms with Crippen molar-refractivity contribution in [3.05, 3.63) is 0 Å². The topological polar surface area (TPSA) is 12.0 Å². The summed E-state index contributed by atoms with van der Waals surface area (Å²) in [6.45, 7) is 4.72. The minimum absolute atomic E-state index is 0.589. The van der Waals surface area contributed by atoms with Gasteiger partial charge in [0.25, 0.3) is 0 Å². The molecule has 0 aromatic rings. The summed E-state index contributed by atoms with van der Waals surface area (Å²) >= 11 is 2.08. The van der Waals surface area contributed by atoms with Gasteiger partial charge in [-0.1, -0.05) is 32.6 Å². The molecule has 1 N–H and O–H groups in total. The zero-order valence-corrected chi connectivity index (χ0v) is 10.6. The largest absolute Gasteiger partial charge is 0.315 e. The lowest BCUT2D eigenvalue weighted by Crippen LogP contribution is -2.35. The molecule has 0 aliphatic heterocycles. The van der Waals surface area contributed by atoms with Crippen molar-refractivity contribution in [2.24, 2.45) is 0 Å². The number of thioether (sulfide) groups is 1. The highest BCUT2D eigenvalue weighted by Crippen LogP contribution is 2.39. The Hall–Kier alpha value is 0.310. The average molecular weight is 215 g/mol. The van der Waals surface area contributed by atoms with Crippen molar-refractivity contribution in [3.63, 3.8) is 0 Å². The normalized spacial score (nSPS) is 20.1. The second kappa shape index (κ2) is 6.73. The van der Waals surface area contributed by atoms with Crippen LogP contribution < -0.4 is 5.32 Å². The zero-order chi connectivity index (χ0) is 10.3. The van der Waals surface area contributed by atoms with E-state index < -0.39 is 0 Å². The Kier molecular flexibility index (Phi) is 5.95. The molecule has 0 spiro atoms. The van der Waals surface area contributed by atoms with E-state index in [1.807, 2.05) is 0 Å². The maximum atomic E-state index is 3.63. The van der Waals surface area contributed by atoms with Crippen molar-refractivity contribution in [2.45, 2.75) is 56.6 Å². The lowest BCUT2D eigenvalue weighted by molar-refractivity contribution is 0.520. The summed E-state index contributed by atoms with van der Waals surface area (Å²) in [5, 5.41) is 3.63. The molecule has 1 fully saturated rings. The molecular formula is C12H25NS. The summed E-state index contributed by atoms with van der Waals surface area (Å²) in [6.07, 6.45) is 12.1. The van der Waals surface area contributed by atoms with E-state index in [0.717, 1.165) is 0 Å². The minimum Gasteiger partial charge on any atom is -0.315 e. The molecule has 1 aliphatic carbocycles. The predicted molar refractivity (Wildman–Crippen MR) is 67.1 cm³/mol. The molecule has 0 aromatic heterocycles. The van der Waals surface area contributed by atoms with E-state index in [9.17, 15) is 0 Å². The van der Waals surface area contributed by atoms with Gasteiger partial charge < -0.3 is 5.32 Å². The summed E-state index contributed by atoms with van der Waals surface area (Å²) in [7, 11) is 0. The highest BCUT2D eigenvalue weighted by atomic mass is 32.2. The van der Waals surface area contributed by atoms with Crippen LogP contribution in [0.2, 0.25) is 0 Å². The Bertz CT molecular complexity index is 141. The van der Waals surface area contributed by atoms with E-state index >= 15 is 0 Å². The molecule has 0 heterocycles. The molecule has 1 aliphatic rings. The summed E-state index contributed by atoms with van der Waals surface area (Å²) in [5.41, 5.74) is 0. The first kappa shape index (κ1) is 12.4. The van der Waals surface area contributed by atoms with Gasteiger partial charge in [0.1, 0.15) is 0 Å². The van der Waals surface area contributed by atoms with Crippen LogP contribution in [0.15, 0.2) is 0 Å². The number of rotatable bonds is 7. The first-order valence-corrected chi connectivity index (χ1v) is 7.31. The zero-order valence-electron chi connectivity index (χ0n) is 9.77. The van der Waals surface area contributed by atoms with Crippen LogP contribution in [0, 0.1) is 0 Å². The molecular weight excluding hydrogens is 190 g/mol. The molecule has 0 saturated heterocycles. The first-order chi connectivity index (χ1) is 6.83. The maximum absolute atomic E-state index is 3.63. The summed E-state index contributed by atoms with van der Waals surface area (Å²) in [4.78, 5) is 0. The smallest absolute Gasteiger partial charge is 0.0281 e. The Morgan fingerprint density at radius 1 is 1.21 bits per heavy atom. The van der Waals surface area contributed by atoms with E-state index in [4.69, 9.17) is 0 Å². The van der Waals surface area contributed by atoms with E-state index in [2.05, 4.69) is 30.3 Å². The van der Waals surface area contributed by atoms with Crippen molar-refractivity contribution in [1.82, 2.24) is 5.32 Å². The summed E-state index contributed by atoms with van der Waals surface area (Å²) in [5.74, 6) is 0. The van der Waals surface area contributed by atoms with Crippen LogP contribution in [0.1, 0.15) is 51.9 Å². The Balaban J connectivity index is 2.08. The van der Waals surface area contributed by atoms with Gasteiger partial charge in [-0.05, 0) is 32.1 Å². The third-order valence-corrected chi connectivity index (χ3v) is 4.77.